The van der Waals surface area contributed by atoms with Crippen molar-refractivity contribution in [3.8, 4) is 17.0 Å². The Balaban J connectivity index is 2.18. The molecule has 0 radical (unpaired) electrons. The standard InChI is InChI=1S/C18H18N2O4S/c1-10(2)24-17(22)16-11(3)20-13(9-21)15(19-18(20)25-16)12-7-5-6-8-14(12)23-4/h5-10H,1-4H3. The lowest BCUT2D eigenvalue weighted by Gasteiger charge is -2.08. The van der Waals surface area contributed by atoms with Gasteiger partial charge in [-0.15, -0.1) is 0 Å². The van der Waals surface area contributed by atoms with Crippen molar-refractivity contribution in [2.75, 3.05) is 7.11 Å². The van der Waals surface area contributed by atoms with Crippen LogP contribution in [0.1, 0.15) is 39.7 Å². The van der Waals surface area contributed by atoms with E-state index in [1.54, 1.807) is 32.3 Å². The van der Waals surface area contributed by atoms with Crippen molar-refractivity contribution in [2.24, 2.45) is 0 Å². The summed E-state index contributed by atoms with van der Waals surface area (Å²) in [4.78, 5) is 29.6. The minimum Gasteiger partial charge on any atom is -0.496 e. The summed E-state index contributed by atoms with van der Waals surface area (Å²) in [5, 5.41) is 0. The molecule has 7 heteroatoms. The maximum absolute atomic E-state index is 12.2. The molecule has 0 saturated heterocycles. The minimum absolute atomic E-state index is 0.212. The Labute approximate surface area is 149 Å². The summed E-state index contributed by atoms with van der Waals surface area (Å²) in [6.07, 6.45) is 0.537. The summed E-state index contributed by atoms with van der Waals surface area (Å²) in [5.74, 6) is 0.229. The van der Waals surface area contributed by atoms with Crippen LogP contribution in [0.3, 0.4) is 0 Å². The van der Waals surface area contributed by atoms with Crippen LogP contribution in [0.2, 0.25) is 0 Å². The molecule has 0 amide bonds. The number of thiazole rings is 1. The van der Waals surface area contributed by atoms with Gasteiger partial charge in [-0.1, -0.05) is 23.5 Å². The molecule has 3 aromatic rings. The number of aromatic nitrogens is 2. The minimum atomic E-state index is -0.404. The number of imidazole rings is 1. The number of aldehydes is 1. The Kier molecular flexibility index (Phi) is 4.59. The van der Waals surface area contributed by atoms with E-state index in [0.29, 0.717) is 32.7 Å². The predicted octanol–water partition coefficient (Wildman–Crippen LogP) is 3.76. The molecule has 0 aliphatic heterocycles. The van der Waals surface area contributed by atoms with Crippen LogP contribution in [0.25, 0.3) is 16.2 Å². The highest BCUT2D eigenvalue weighted by Gasteiger charge is 2.24. The van der Waals surface area contributed by atoms with E-state index in [0.717, 1.165) is 11.8 Å². The van der Waals surface area contributed by atoms with Crippen molar-refractivity contribution in [3.63, 3.8) is 0 Å². The second kappa shape index (κ2) is 6.68. The lowest BCUT2D eigenvalue weighted by molar-refractivity contribution is 0.0382. The molecule has 0 aliphatic carbocycles. The van der Waals surface area contributed by atoms with Crippen LogP contribution in [-0.2, 0) is 4.74 Å². The van der Waals surface area contributed by atoms with E-state index in [1.165, 1.54) is 11.3 Å². The zero-order valence-corrected chi connectivity index (χ0v) is 15.2. The zero-order chi connectivity index (χ0) is 18.1. The molecular weight excluding hydrogens is 340 g/mol. The van der Waals surface area contributed by atoms with Gasteiger partial charge in [-0.05, 0) is 32.9 Å². The van der Waals surface area contributed by atoms with E-state index >= 15 is 0 Å². The number of methoxy groups -OCH3 is 1. The van der Waals surface area contributed by atoms with Gasteiger partial charge in [0, 0.05) is 11.3 Å². The molecule has 2 heterocycles. The normalized spacial score (nSPS) is 11.1. The number of esters is 1. The third-order valence-electron chi connectivity index (χ3n) is 3.74. The van der Waals surface area contributed by atoms with Gasteiger partial charge in [-0.3, -0.25) is 9.20 Å². The van der Waals surface area contributed by atoms with E-state index in [-0.39, 0.29) is 6.10 Å². The lowest BCUT2D eigenvalue weighted by Crippen LogP contribution is -2.11. The van der Waals surface area contributed by atoms with E-state index in [1.807, 2.05) is 24.3 Å². The van der Waals surface area contributed by atoms with E-state index in [2.05, 4.69) is 4.98 Å². The number of aryl methyl sites for hydroxylation is 1. The average Bonchev–Trinajstić information content (AvgIpc) is 3.11. The van der Waals surface area contributed by atoms with Crippen LogP contribution >= 0.6 is 11.3 Å². The number of carbonyl (C=O) groups excluding carboxylic acids is 2. The number of ether oxygens (including phenoxy) is 2. The molecule has 0 bridgehead atoms. The summed E-state index contributed by atoms with van der Waals surface area (Å²) in [7, 11) is 1.57. The molecule has 2 aromatic heterocycles. The summed E-state index contributed by atoms with van der Waals surface area (Å²) in [6, 6.07) is 7.38. The van der Waals surface area contributed by atoms with Crippen molar-refractivity contribution >= 4 is 28.6 Å². The Morgan fingerprint density at radius 2 is 2.04 bits per heavy atom. The third-order valence-corrected chi connectivity index (χ3v) is 4.86. The van der Waals surface area contributed by atoms with Gasteiger partial charge in [0.25, 0.3) is 0 Å². The van der Waals surface area contributed by atoms with Crippen molar-refractivity contribution in [2.45, 2.75) is 26.9 Å². The maximum atomic E-state index is 12.2. The highest BCUT2D eigenvalue weighted by Crippen LogP contribution is 2.35. The topological polar surface area (TPSA) is 69.9 Å². The number of hydrogen-bond acceptors (Lipinski definition) is 6. The number of para-hydroxylation sites is 1. The fourth-order valence-electron chi connectivity index (χ4n) is 2.68. The quantitative estimate of drug-likeness (QED) is 0.513. The van der Waals surface area contributed by atoms with E-state index in [4.69, 9.17) is 9.47 Å². The first-order chi connectivity index (χ1) is 12.0. The van der Waals surface area contributed by atoms with Gasteiger partial charge < -0.3 is 9.47 Å². The van der Waals surface area contributed by atoms with Gasteiger partial charge in [-0.2, -0.15) is 0 Å². The molecule has 0 spiro atoms. The molecule has 3 rings (SSSR count). The maximum Gasteiger partial charge on any atom is 0.350 e. The fraction of sp³-hybridized carbons (Fsp3) is 0.278. The first-order valence-corrected chi connectivity index (χ1v) is 8.61. The Hall–Kier alpha value is -2.67. The van der Waals surface area contributed by atoms with Crippen LogP contribution in [-0.4, -0.2) is 34.9 Å². The van der Waals surface area contributed by atoms with Gasteiger partial charge in [0.05, 0.1) is 13.2 Å². The molecule has 0 aliphatic rings. The Bertz CT molecular complexity index is 956. The highest BCUT2D eigenvalue weighted by molar-refractivity contribution is 7.19. The summed E-state index contributed by atoms with van der Waals surface area (Å²) in [5.41, 5.74) is 2.29. The largest absolute Gasteiger partial charge is 0.496 e. The van der Waals surface area contributed by atoms with Crippen LogP contribution in [0.5, 0.6) is 5.75 Å². The highest BCUT2D eigenvalue weighted by atomic mass is 32.1. The van der Waals surface area contributed by atoms with Gasteiger partial charge >= 0.3 is 5.97 Å². The van der Waals surface area contributed by atoms with Gasteiger partial charge in [0.2, 0.25) is 0 Å². The van der Waals surface area contributed by atoms with Crippen molar-refractivity contribution < 1.29 is 19.1 Å². The number of carbonyl (C=O) groups is 2. The molecule has 130 valence electrons. The third kappa shape index (κ3) is 2.91. The van der Waals surface area contributed by atoms with Gasteiger partial charge in [0.1, 0.15) is 22.0 Å². The summed E-state index contributed by atoms with van der Waals surface area (Å²) >= 11 is 1.21. The Morgan fingerprint density at radius 1 is 1.32 bits per heavy atom. The first-order valence-electron chi connectivity index (χ1n) is 7.79. The molecule has 0 fully saturated rings. The van der Waals surface area contributed by atoms with E-state index in [9.17, 15) is 9.59 Å². The van der Waals surface area contributed by atoms with Gasteiger partial charge in [0.15, 0.2) is 11.2 Å². The predicted molar refractivity (Wildman–Crippen MR) is 95.7 cm³/mol. The average molecular weight is 358 g/mol. The number of hydrogen-bond donors (Lipinski definition) is 0. The molecule has 0 unspecified atom stereocenters. The lowest BCUT2D eigenvalue weighted by atomic mass is 10.1. The molecule has 6 nitrogen and oxygen atoms in total. The fourth-order valence-corrected chi connectivity index (χ4v) is 3.69. The number of nitrogens with zero attached hydrogens (tertiary/aromatic N) is 2. The van der Waals surface area contributed by atoms with Crippen LogP contribution in [0.15, 0.2) is 24.3 Å². The number of benzene rings is 1. The van der Waals surface area contributed by atoms with Crippen LogP contribution in [0.4, 0.5) is 0 Å². The van der Waals surface area contributed by atoms with Crippen LogP contribution < -0.4 is 4.74 Å². The second-order valence-corrected chi connectivity index (χ2v) is 6.73. The van der Waals surface area contributed by atoms with Crippen molar-refractivity contribution in [3.05, 3.63) is 40.5 Å². The van der Waals surface area contributed by atoms with E-state index < -0.39 is 5.97 Å². The molecule has 0 saturated carbocycles. The SMILES string of the molecule is COc1ccccc1-c1nc2sc(C(=O)OC(C)C)c(C)n2c1C=O. The van der Waals surface area contributed by atoms with Gasteiger partial charge in [-0.25, -0.2) is 9.78 Å². The van der Waals surface area contributed by atoms with Crippen molar-refractivity contribution in [1.82, 2.24) is 9.38 Å². The molecular formula is C18H18N2O4S. The molecule has 1 aromatic carbocycles. The first kappa shape index (κ1) is 17.2. The van der Waals surface area contributed by atoms with Crippen LogP contribution in [0, 0.1) is 6.92 Å². The molecule has 0 atom stereocenters. The summed E-state index contributed by atoms with van der Waals surface area (Å²) in [6.45, 7) is 5.37. The zero-order valence-electron chi connectivity index (χ0n) is 14.4. The molecule has 25 heavy (non-hydrogen) atoms. The van der Waals surface area contributed by atoms with Crippen molar-refractivity contribution in [1.29, 1.82) is 0 Å². The summed E-state index contributed by atoms with van der Waals surface area (Å²) < 4.78 is 12.3. The number of rotatable bonds is 5. The number of fused-ring (bicyclic) bond motifs is 1. The Morgan fingerprint density at radius 3 is 2.68 bits per heavy atom. The smallest absolute Gasteiger partial charge is 0.350 e. The molecule has 0 N–H and O–H groups in total. The monoisotopic (exact) mass is 358 g/mol. The second-order valence-electron chi connectivity index (χ2n) is 5.75.